The number of amides is 3. The number of rotatable bonds is 6. The summed E-state index contributed by atoms with van der Waals surface area (Å²) >= 11 is 11.7. The smallest absolute Gasteiger partial charge is 0.271 e. The maximum atomic E-state index is 12.0. The summed E-state index contributed by atoms with van der Waals surface area (Å²) in [6.45, 7) is 0.342. The number of benzene rings is 2. The van der Waals surface area contributed by atoms with Gasteiger partial charge in [-0.1, -0.05) is 41.4 Å². The topological polar surface area (TPSA) is 87.3 Å². The number of halogens is 2. The van der Waals surface area contributed by atoms with E-state index in [-0.39, 0.29) is 28.8 Å². The van der Waals surface area contributed by atoms with Gasteiger partial charge in [-0.3, -0.25) is 25.2 Å². The van der Waals surface area contributed by atoms with Crippen molar-refractivity contribution in [2.45, 2.75) is 12.8 Å². The Balaban J connectivity index is 1.68. The van der Waals surface area contributed by atoms with Gasteiger partial charge >= 0.3 is 0 Å². The van der Waals surface area contributed by atoms with Crippen molar-refractivity contribution in [2.24, 2.45) is 0 Å². The molecule has 0 radical (unpaired) electrons. The van der Waals surface area contributed by atoms with Crippen molar-refractivity contribution >= 4 is 40.9 Å². The molecule has 3 amide bonds. The fraction of sp³-hybridized carbons (Fsp3) is 0.167. The molecule has 0 spiro atoms. The van der Waals surface area contributed by atoms with E-state index < -0.39 is 5.91 Å². The Morgan fingerprint density at radius 2 is 1.62 bits per heavy atom. The Hall–Kier alpha value is -2.57. The first-order valence-corrected chi connectivity index (χ1v) is 8.60. The van der Waals surface area contributed by atoms with Crippen molar-refractivity contribution in [3.8, 4) is 0 Å². The number of hydrazine groups is 1. The predicted octanol–water partition coefficient (Wildman–Crippen LogP) is 2.96. The second-order valence-corrected chi connectivity index (χ2v) is 6.20. The highest BCUT2D eigenvalue weighted by atomic mass is 35.5. The van der Waals surface area contributed by atoms with Crippen LogP contribution < -0.4 is 16.2 Å². The monoisotopic (exact) mass is 393 g/mol. The molecule has 0 fully saturated rings. The average Bonchev–Trinajstić information content (AvgIpc) is 2.65. The van der Waals surface area contributed by atoms with Crippen LogP contribution in [0.3, 0.4) is 0 Å². The van der Waals surface area contributed by atoms with Crippen LogP contribution in [-0.2, 0) is 4.79 Å². The van der Waals surface area contributed by atoms with Crippen LogP contribution in [0.4, 0.5) is 0 Å². The Labute approximate surface area is 160 Å². The second-order valence-electron chi connectivity index (χ2n) is 5.35. The van der Waals surface area contributed by atoms with Gasteiger partial charge in [-0.05, 0) is 36.8 Å². The highest BCUT2D eigenvalue weighted by molar-refractivity contribution is 6.35. The lowest BCUT2D eigenvalue weighted by Crippen LogP contribution is -2.41. The van der Waals surface area contributed by atoms with Gasteiger partial charge in [-0.2, -0.15) is 0 Å². The Bertz CT molecular complexity index is 798. The lowest BCUT2D eigenvalue weighted by molar-refractivity contribution is -0.121. The molecule has 0 aromatic heterocycles. The van der Waals surface area contributed by atoms with E-state index in [4.69, 9.17) is 23.2 Å². The molecule has 6 nitrogen and oxygen atoms in total. The van der Waals surface area contributed by atoms with Crippen molar-refractivity contribution in [2.75, 3.05) is 6.54 Å². The second kappa shape index (κ2) is 9.79. The highest BCUT2D eigenvalue weighted by Crippen LogP contribution is 2.20. The summed E-state index contributed by atoms with van der Waals surface area (Å²) in [6, 6.07) is 13.3. The van der Waals surface area contributed by atoms with E-state index in [0.717, 1.165) is 0 Å². The molecule has 3 N–H and O–H groups in total. The molecule has 26 heavy (non-hydrogen) atoms. The van der Waals surface area contributed by atoms with E-state index in [1.807, 2.05) is 6.07 Å². The van der Waals surface area contributed by atoms with E-state index in [1.165, 1.54) is 12.1 Å². The van der Waals surface area contributed by atoms with Gasteiger partial charge in [0.05, 0.1) is 10.6 Å². The van der Waals surface area contributed by atoms with Gasteiger partial charge in [-0.25, -0.2) is 0 Å². The summed E-state index contributed by atoms with van der Waals surface area (Å²) in [6.07, 6.45) is 0.566. The summed E-state index contributed by atoms with van der Waals surface area (Å²) in [5.41, 5.74) is 5.29. The molecule has 2 aromatic rings. The third-order valence-electron chi connectivity index (χ3n) is 3.39. The first-order chi connectivity index (χ1) is 12.5. The SMILES string of the molecule is O=C(CCCNC(=O)c1ccccc1)NNC(=O)c1cc(Cl)ccc1Cl. The van der Waals surface area contributed by atoms with Crippen LogP contribution in [0.5, 0.6) is 0 Å². The van der Waals surface area contributed by atoms with Crippen molar-refractivity contribution in [1.29, 1.82) is 0 Å². The van der Waals surface area contributed by atoms with Crippen LogP contribution in [0.15, 0.2) is 48.5 Å². The van der Waals surface area contributed by atoms with Crippen LogP contribution in [0.1, 0.15) is 33.6 Å². The normalized spacial score (nSPS) is 10.1. The minimum absolute atomic E-state index is 0.138. The Kier molecular flexibility index (Phi) is 7.44. The minimum atomic E-state index is -0.566. The lowest BCUT2D eigenvalue weighted by Gasteiger charge is -2.09. The molecule has 8 heteroatoms. The fourth-order valence-corrected chi connectivity index (χ4v) is 2.45. The van der Waals surface area contributed by atoms with Crippen molar-refractivity contribution < 1.29 is 14.4 Å². The fourth-order valence-electron chi connectivity index (χ4n) is 2.07. The molecule has 0 aliphatic heterocycles. The molecule has 0 heterocycles. The zero-order chi connectivity index (χ0) is 18.9. The third kappa shape index (κ3) is 6.06. The standard InChI is InChI=1S/C18H17Cl2N3O3/c19-13-8-9-15(20)14(11-13)18(26)23-22-16(24)7-4-10-21-17(25)12-5-2-1-3-6-12/h1-3,5-6,8-9,11H,4,7,10H2,(H,21,25)(H,22,24)(H,23,26). The molecule has 0 saturated heterocycles. The first kappa shape index (κ1) is 19.8. The van der Waals surface area contributed by atoms with E-state index >= 15 is 0 Å². The number of hydrogen-bond donors (Lipinski definition) is 3. The number of carbonyl (C=O) groups excluding carboxylic acids is 3. The van der Waals surface area contributed by atoms with Crippen LogP contribution in [0, 0.1) is 0 Å². The maximum absolute atomic E-state index is 12.0. The molecule has 2 rings (SSSR count). The predicted molar refractivity (Wildman–Crippen MR) is 100 cm³/mol. The summed E-state index contributed by atoms with van der Waals surface area (Å²) in [5, 5.41) is 3.31. The quantitative estimate of drug-likeness (QED) is 0.520. The van der Waals surface area contributed by atoms with Crippen LogP contribution >= 0.6 is 23.2 Å². The molecule has 136 valence electrons. The zero-order valence-electron chi connectivity index (χ0n) is 13.7. The number of carbonyl (C=O) groups is 3. The molecule has 0 aliphatic carbocycles. The third-order valence-corrected chi connectivity index (χ3v) is 3.96. The highest BCUT2D eigenvalue weighted by Gasteiger charge is 2.12. The van der Waals surface area contributed by atoms with Crippen molar-refractivity contribution in [1.82, 2.24) is 16.2 Å². The van der Waals surface area contributed by atoms with E-state index in [1.54, 1.807) is 30.3 Å². The first-order valence-electron chi connectivity index (χ1n) is 7.85. The minimum Gasteiger partial charge on any atom is -0.352 e. The lowest BCUT2D eigenvalue weighted by atomic mass is 10.2. The summed E-state index contributed by atoms with van der Waals surface area (Å²) in [5.74, 6) is -1.15. The van der Waals surface area contributed by atoms with E-state index in [0.29, 0.717) is 23.6 Å². The summed E-state index contributed by atoms with van der Waals surface area (Å²) in [4.78, 5) is 35.5. The van der Waals surface area contributed by atoms with Gasteiger partial charge in [0.15, 0.2) is 0 Å². The van der Waals surface area contributed by atoms with Gasteiger partial charge < -0.3 is 5.32 Å². The average molecular weight is 394 g/mol. The summed E-state index contributed by atoms with van der Waals surface area (Å²) < 4.78 is 0. The number of hydrogen-bond acceptors (Lipinski definition) is 3. The molecule has 0 bridgehead atoms. The van der Waals surface area contributed by atoms with Crippen LogP contribution in [0.2, 0.25) is 10.0 Å². The molecule has 0 saturated carbocycles. The molecule has 0 atom stereocenters. The molecule has 0 unspecified atom stereocenters. The molecule has 0 aliphatic rings. The molecule has 2 aromatic carbocycles. The van der Waals surface area contributed by atoms with Crippen molar-refractivity contribution in [3.05, 3.63) is 69.7 Å². The van der Waals surface area contributed by atoms with Gasteiger partial charge in [-0.15, -0.1) is 0 Å². The van der Waals surface area contributed by atoms with Gasteiger partial charge in [0.2, 0.25) is 5.91 Å². The maximum Gasteiger partial charge on any atom is 0.271 e. The van der Waals surface area contributed by atoms with Gasteiger partial charge in [0, 0.05) is 23.6 Å². The van der Waals surface area contributed by atoms with Crippen LogP contribution in [-0.4, -0.2) is 24.3 Å². The van der Waals surface area contributed by atoms with Gasteiger partial charge in [0.25, 0.3) is 11.8 Å². The van der Waals surface area contributed by atoms with Crippen LogP contribution in [0.25, 0.3) is 0 Å². The largest absolute Gasteiger partial charge is 0.352 e. The summed E-state index contributed by atoms with van der Waals surface area (Å²) in [7, 11) is 0. The Morgan fingerprint density at radius 1 is 0.885 bits per heavy atom. The molecular formula is C18H17Cl2N3O3. The van der Waals surface area contributed by atoms with E-state index in [9.17, 15) is 14.4 Å². The molecular weight excluding hydrogens is 377 g/mol. The van der Waals surface area contributed by atoms with E-state index in [2.05, 4.69) is 16.2 Å². The van der Waals surface area contributed by atoms with Crippen molar-refractivity contribution in [3.63, 3.8) is 0 Å². The zero-order valence-corrected chi connectivity index (χ0v) is 15.2. The Morgan fingerprint density at radius 3 is 2.35 bits per heavy atom. The number of nitrogens with one attached hydrogen (secondary N) is 3. The van der Waals surface area contributed by atoms with Gasteiger partial charge in [0.1, 0.15) is 0 Å².